The summed E-state index contributed by atoms with van der Waals surface area (Å²) in [7, 11) is 0. The average Bonchev–Trinajstić information content (AvgIpc) is 3.28. The van der Waals surface area contributed by atoms with E-state index in [9.17, 15) is 14.4 Å². The molecule has 0 aliphatic carbocycles. The van der Waals surface area contributed by atoms with Crippen molar-refractivity contribution >= 4 is 17.9 Å². The van der Waals surface area contributed by atoms with Crippen LogP contribution in [0.4, 0.5) is 0 Å². The van der Waals surface area contributed by atoms with Gasteiger partial charge in [-0.2, -0.15) is 0 Å². The zero-order chi connectivity index (χ0) is 45.8. The van der Waals surface area contributed by atoms with Gasteiger partial charge in [0.15, 0.2) is 6.10 Å². The van der Waals surface area contributed by atoms with E-state index in [1.807, 2.05) is 0 Å². The molecule has 0 aromatic carbocycles. The lowest BCUT2D eigenvalue weighted by molar-refractivity contribution is -0.167. The lowest BCUT2D eigenvalue weighted by Crippen LogP contribution is -2.30. The fourth-order valence-electron chi connectivity index (χ4n) is 6.71. The maximum atomic E-state index is 12.7. The molecular formula is C57H94O6. The van der Waals surface area contributed by atoms with Gasteiger partial charge in [0, 0.05) is 19.3 Å². The first-order chi connectivity index (χ1) is 31.0. The van der Waals surface area contributed by atoms with Crippen molar-refractivity contribution in [1.29, 1.82) is 0 Å². The van der Waals surface area contributed by atoms with Gasteiger partial charge in [-0.1, -0.05) is 201 Å². The van der Waals surface area contributed by atoms with E-state index in [-0.39, 0.29) is 31.1 Å². The number of carbonyl (C=O) groups is 3. The quantitative estimate of drug-likeness (QED) is 0.0262. The first-order valence-corrected chi connectivity index (χ1v) is 25.7. The first kappa shape index (κ1) is 59.3. The fraction of sp³-hybridized carbons (Fsp3) is 0.667. The Morgan fingerprint density at radius 2 is 0.619 bits per heavy atom. The third-order valence-corrected chi connectivity index (χ3v) is 10.6. The van der Waals surface area contributed by atoms with Crippen molar-refractivity contribution in [3.8, 4) is 0 Å². The largest absolute Gasteiger partial charge is 0.462 e. The summed E-state index contributed by atoms with van der Waals surface area (Å²) in [6.45, 7) is 6.37. The Labute approximate surface area is 387 Å². The molecule has 1 unspecified atom stereocenters. The van der Waals surface area contributed by atoms with Crippen LogP contribution in [-0.4, -0.2) is 37.2 Å². The summed E-state index contributed by atoms with van der Waals surface area (Å²) < 4.78 is 16.6. The van der Waals surface area contributed by atoms with Gasteiger partial charge in [-0.15, -0.1) is 0 Å². The minimum absolute atomic E-state index is 0.0897. The predicted octanol–water partition coefficient (Wildman–Crippen LogP) is 17.0. The summed E-state index contributed by atoms with van der Waals surface area (Å²) in [6.07, 6.45) is 67.1. The van der Waals surface area contributed by atoms with Crippen LogP contribution in [0.25, 0.3) is 0 Å². The molecule has 0 bridgehead atoms. The van der Waals surface area contributed by atoms with Crippen molar-refractivity contribution in [2.24, 2.45) is 0 Å². The molecular weight excluding hydrogens is 781 g/mol. The Morgan fingerprint density at radius 1 is 0.333 bits per heavy atom. The van der Waals surface area contributed by atoms with Crippen molar-refractivity contribution in [1.82, 2.24) is 0 Å². The van der Waals surface area contributed by atoms with Crippen LogP contribution in [0.15, 0.2) is 97.2 Å². The van der Waals surface area contributed by atoms with Crippen LogP contribution in [-0.2, 0) is 28.6 Å². The molecule has 358 valence electrons. The van der Waals surface area contributed by atoms with E-state index in [0.29, 0.717) is 19.3 Å². The number of rotatable bonds is 45. The van der Waals surface area contributed by atoms with Gasteiger partial charge in [0.2, 0.25) is 0 Å². The van der Waals surface area contributed by atoms with Crippen molar-refractivity contribution in [2.45, 2.75) is 232 Å². The Kier molecular flexibility index (Phi) is 48.0. The minimum atomic E-state index is -0.787. The standard InChI is InChI=1S/C57H94O6/c1-4-7-10-13-15-17-19-21-23-24-25-26-27-28-29-30-31-32-34-35-37-39-41-44-47-50-56(59)62-53-54(52-61-55(58)49-46-43-12-9-6-3)63-57(60)51-48-45-42-40-38-36-33-22-20-18-16-14-11-8-5-2/h7,10,15-18,21-23,25-26,28-29,31-33,54H,4-6,8-9,11-14,19-20,24,27,30,34-53H2,1-3H3/b10-7-,17-15-,18-16-,23-21-,26-25-,29-28-,32-31-,33-22-. The van der Waals surface area contributed by atoms with Gasteiger partial charge in [0.05, 0.1) is 0 Å². The van der Waals surface area contributed by atoms with E-state index < -0.39 is 6.10 Å². The molecule has 0 radical (unpaired) electrons. The molecule has 0 aromatic heterocycles. The third kappa shape index (κ3) is 49.2. The maximum absolute atomic E-state index is 12.7. The van der Waals surface area contributed by atoms with E-state index in [2.05, 4.69) is 118 Å². The van der Waals surface area contributed by atoms with Crippen molar-refractivity contribution < 1.29 is 28.6 Å². The van der Waals surface area contributed by atoms with Crippen LogP contribution < -0.4 is 0 Å². The fourth-order valence-corrected chi connectivity index (χ4v) is 6.71. The second-order valence-electron chi connectivity index (χ2n) is 16.7. The molecule has 0 N–H and O–H groups in total. The summed E-state index contributed by atoms with van der Waals surface area (Å²) in [4.78, 5) is 37.6. The first-order valence-electron chi connectivity index (χ1n) is 25.7. The number of hydrogen-bond donors (Lipinski definition) is 0. The monoisotopic (exact) mass is 875 g/mol. The molecule has 6 nitrogen and oxygen atoms in total. The van der Waals surface area contributed by atoms with E-state index in [1.165, 1.54) is 44.9 Å². The van der Waals surface area contributed by atoms with E-state index in [0.717, 1.165) is 141 Å². The average molecular weight is 875 g/mol. The van der Waals surface area contributed by atoms with Crippen LogP contribution >= 0.6 is 0 Å². The highest BCUT2D eigenvalue weighted by Gasteiger charge is 2.19. The van der Waals surface area contributed by atoms with Crippen LogP contribution in [0.5, 0.6) is 0 Å². The summed E-state index contributed by atoms with van der Waals surface area (Å²) in [5, 5.41) is 0. The zero-order valence-electron chi connectivity index (χ0n) is 40.8. The highest BCUT2D eigenvalue weighted by molar-refractivity contribution is 5.71. The van der Waals surface area contributed by atoms with Crippen LogP contribution in [0.1, 0.15) is 226 Å². The van der Waals surface area contributed by atoms with Crippen LogP contribution in [0.2, 0.25) is 0 Å². The van der Waals surface area contributed by atoms with Crippen molar-refractivity contribution in [2.75, 3.05) is 13.2 Å². The second-order valence-corrected chi connectivity index (χ2v) is 16.7. The smallest absolute Gasteiger partial charge is 0.306 e. The van der Waals surface area contributed by atoms with Gasteiger partial charge < -0.3 is 14.2 Å². The molecule has 1 atom stereocenters. The molecule has 0 fully saturated rings. The Hall–Kier alpha value is -3.67. The molecule has 0 aliphatic heterocycles. The normalized spacial score (nSPS) is 12.9. The van der Waals surface area contributed by atoms with Gasteiger partial charge in [0.25, 0.3) is 0 Å². The molecule has 0 aliphatic rings. The van der Waals surface area contributed by atoms with Crippen molar-refractivity contribution in [3.63, 3.8) is 0 Å². The van der Waals surface area contributed by atoms with Gasteiger partial charge in [0.1, 0.15) is 13.2 Å². The van der Waals surface area contributed by atoms with Crippen LogP contribution in [0.3, 0.4) is 0 Å². The topological polar surface area (TPSA) is 78.9 Å². The van der Waals surface area contributed by atoms with Gasteiger partial charge in [-0.3, -0.25) is 14.4 Å². The summed E-state index contributed by atoms with van der Waals surface area (Å²) in [5.74, 6) is -0.937. The molecule has 0 rings (SSSR count). The number of unbranched alkanes of at least 4 members (excludes halogenated alkanes) is 18. The van der Waals surface area contributed by atoms with Crippen LogP contribution in [0, 0.1) is 0 Å². The predicted molar refractivity (Wildman–Crippen MR) is 270 cm³/mol. The third-order valence-electron chi connectivity index (χ3n) is 10.6. The molecule has 0 saturated heterocycles. The lowest BCUT2D eigenvalue weighted by atomic mass is 10.1. The Bertz CT molecular complexity index is 1280. The summed E-state index contributed by atoms with van der Waals surface area (Å²) in [5.41, 5.74) is 0. The molecule has 63 heavy (non-hydrogen) atoms. The SMILES string of the molecule is CC/C=C\C/C=C\C/C=C\C/C=C\C/C=C\C/C=C\CCCCCCCCC(=O)OCC(COC(=O)CCCCCCC)OC(=O)CCCCCCC/C=C\C/C=C\CCCCC. The maximum Gasteiger partial charge on any atom is 0.306 e. The molecule has 6 heteroatoms. The molecule has 0 heterocycles. The number of esters is 3. The van der Waals surface area contributed by atoms with Crippen molar-refractivity contribution in [3.05, 3.63) is 97.2 Å². The van der Waals surface area contributed by atoms with E-state index >= 15 is 0 Å². The van der Waals surface area contributed by atoms with Gasteiger partial charge in [-0.05, 0) is 103 Å². The summed E-state index contributed by atoms with van der Waals surface area (Å²) >= 11 is 0. The summed E-state index contributed by atoms with van der Waals surface area (Å²) in [6, 6.07) is 0. The molecule has 0 amide bonds. The number of ether oxygens (including phenoxy) is 3. The second kappa shape index (κ2) is 51.0. The molecule has 0 spiro atoms. The molecule has 0 saturated carbocycles. The molecule has 0 aromatic rings. The van der Waals surface area contributed by atoms with Gasteiger partial charge in [-0.25, -0.2) is 0 Å². The van der Waals surface area contributed by atoms with Gasteiger partial charge >= 0.3 is 17.9 Å². The highest BCUT2D eigenvalue weighted by atomic mass is 16.6. The van der Waals surface area contributed by atoms with E-state index in [4.69, 9.17) is 14.2 Å². The lowest BCUT2D eigenvalue weighted by Gasteiger charge is -2.18. The van der Waals surface area contributed by atoms with E-state index in [1.54, 1.807) is 0 Å². The number of hydrogen-bond acceptors (Lipinski definition) is 6. The minimum Gasteiger partial charge on any atom is -0.462 e. The number of carbonyl (C=O) groups excluding carboxylic acids is 3. The Morgan fingerprint density at radius 3 is 1.00 bits per heavy atom. The highest BCUT2D eigenvalue weighted by Crippen LogP contribution is 2.13. The zero-order valence-corrected chi connectivity index (χ0v) is 40.8. The number of allylic oxidation sites excluding steroid dienone is 16. The Balaban J connectivity index is 4.20.